The summed E-state index contributed by atoms with van der Waals surface area (Å²) in [7, 11) is 0. The van der Waals surface area contributed by atoms with Crippen LogP contribution in [-0.2, 0) is 14.3 Å². The first-order valence-corrected chi connectivity index (χ1v) is 10.9. The molecule has 2 aromatic carbocycles. The zero-order chi connectivity index (χ0) is 23.0. The number of fused-ring (bicyclic) bond motifs is 3. The molecule has 1 aliphatic carbocycles. The zero-order valence-electron chi connectivity index (χ0n) is 18.5. The van der Waals surface area contributed by atoms with Crippen LogP contribution < -0.4 is 5.32 Å². The molecule has 0 spiro atoms. The number of aliphatic carboxylic acids is 1. The van der Waals surface area contributed by atoms with E-state index in [1.54, 1.807) is 20.8 Å². The van der Waals surface area contributed by atoms with Crippen LogP contribution in [0.1, 0.15) is 50.7 Å². The van der Waals surface area contributed by atoms with Gasteiger partial charge in [0, 0.05) is 12.5 Å². The van der Waals surface area contributed by atoms with Crippen molar-refractivity contribution in [3.8, 4) is 11.1 Å². The average Bonchev–Trinajstić information content (AvgIpc) is 3.34. The minimum Gasteiger partial charge on any atom is -0.480 e. The van der Waals surface area contributed by atoms with Gasteiger partial charge in [0.2, 0.25) is 5.91 Å². The first kappa shape index (κ1) is 21.9. The third-order valence-corrected chi connectivity index (χ3v) is 5.97. The molecule has 168 valence electrons. The number of alkyl carbamates (subject to hydrolysis) is 1. The Morgan fingerprint density at radius 1 is 1.03 bits per heavy atom. The Kier molecular flexibility index (Phi) is 5.67. The monoisotopic (exact) mass is 436 g/mol. The third kappa shape index (κ3) is 4.07. The summed E-state index contributed by atoms with van der Waals surface area (Å²) in [6.07, 6.45) is 0.307. The molecule has 0 bridgehead atoms. The molecule has 2 N–H and O–H groups in total. The van der Waals surface area contributed by atoms with Gasteiger partial charge in [-0.05, 0) is 55.9 Å². The lowest BCUT2D eigenvalue weighted by Crippen LogP contribution is -2.54. The molecule has 2 aromatic rings. The highest BCUT2D eigenvalue weighted by Gasteiger charge is 2.44. The van der Waals surface area contributed by atoms with Crippen molar-refractivity contribution in [2.75, 3.05) is 6.54 Å². The molecule has 0 aromatic heterocycles. The van der Waals surface area contributed by atoms with Gasteiger partial charge in [-0.1, -0.05) is 48.5 Å². The van der Waals surface area contributed by atoms with Crippen LogP contribution in [0.4, 0.5) is 4.79 Å². The number of nitrogens with zero attached hydrogens (tertiary/aromatic N) is 1. The van der Waals surface area contributed by atoms with Crippen molar-refractivity contribution in [3.05, 3.63) is 59.7 Å². The van der Waals surface area contributed by atoms with Gasteiger partial charge in [0.05, 0.1) is 0 Å². The highest BCUT2D eigenvalue weighted by atomic mass is 16.6. The molecule has 2 atom stereocenters. The summed E-state index contributed by atoms with van der Waals surface area (Å²) in [6, 6.07) is 13.7. The third-order valence-electron chi connectivity index (χ3n) is 5.97. The topological polar surface area (TPSA) is 95.9 Å². The number of rotatable bonds is 4. The number of carboxylic acid groups (broad SMARTS) is 1. The second-order valence-corrected chi connectivity index (χ2v) is 9.30. The summed E-state index contributed by atoms with van der Waals surface area (Å²) in [6.45, 7) is 5.61. The molecule has 32 heavy (non-hydrogen) atoms. The summed E-state index contributed by atoms with van der Waals surface area (Å²) in [5, 5.41) is 12.4. The Hall–Kier alpha value is -3.35. The first-order chi connectivity index (χ1) is 15.2. The maximum atomic E-state index is 13.8. The number of hydrogen-bond donors (Lipinski definition) is 2. The van der Waals surface area contributed by atoms with Gasteiger partial charge in [-0.15, -0.1) is 0 Å². The van der Waals surface area contributed by atoms with Gasteiger partial charge in [-0.25, -0.2) is 9.59 Å². The fourth-order valence-electron chi connectivity index (χ4n) is 4.74. The molecule has 7 nitrogen and oxygen atoms in total. The second kappa shape index (κ2) is 8.30. The highest BCUT2D eigenvalue weighted by Crippen LogP contribution is 2.46. The molecule has 1 fully saturated rings. The van der Waals surface area contributed by atoms with Gasteiger partial charge in [0.25, 0.3) is 0 Å². The van der Waals surface area contributed by atoms with Crippen molar-refractivity contribution in [1.82, 2.24) is 10.2 Å². The average molecular weight is 437 g/mol. The summed E-state index contributed by atoms with van der Waals surface area (Å²) in [5.74, 6) is -1.88. The number of nitrogens with one attached hydrogen (secondary N) is 1. The molecule has 1 heterocycles. The van der Waals surface area contributed by atoms with E-state index in [9.17, 15) is 19.5 Å². The van der Waals surface area contributed by atoms with Crippen molar-refractivity contribution in [1.29, 1.82) is 0 Å². The second-order valence-electron chi connectivity index (χ2n) is 9.30. The van der Waals surface area contributed by atoms with Crippen molar-refractivity contribution in [2.24, 2.45) is 0 Å². The number of amides is 2. The number of ether oxygens (including phenoxy) is 1. The SMILES string of the molecule is CC(C)(C)OC(=O)NC(C(=O)N1CCC[C@H]1C(=O)O)C1c2ccccc2-c2ccccc21. The van der Waals surface area contributed by atoms with E-state index in [0.29, 0.717) is 19.4 Å². The molecule has 4 rings (SSSR count). The van der Waals surface area contributed by atoms with Crippen LogP contribution in [0.25, 0.3) is 11.1 Å². The molecule has 1 saturated heterocycles. The van der Waals surface area contributed by atoms with Gasteiger partial charge in [-0.2, -0.15) is 0 Å². The molecule has 0 radical (unpaired) electrons. The van der Waals surface area contributed by atoms with Crippen molar-refractivity contribution < 1.29 is 24.2 Å². The molecular formula is C25H28N2O5. The number of carbonyl (C=O) groups is 3. The highest BCUT2D eigenvalue weighted by molar-refractivity contribution is 5.93. The van der Waals surface area contributed by atoms with E-state index in [-0.39, 0.29) is 0 Å². The number of carboxylic acids is 1. The first-order valence-electron chi connectivity index (χ1n) is 10.9. The summed E-state index contributed by atoms with van der Waals surface area (Å²) in [5.41, 5.74) is 3.13. The maximum absolute atomic E-state index is 13.8. The minimum atomic E-state index is -1.03. The van der Waals surface area contributed by atoms with Gasteiger partial charge in [-0.3, -0.25) is 4.79 Å². The predicted octanol–water partition coefficient (Wildman–Crippen LogP) is 3.77. The van der Waals surface area contributed by atoms with Crippen LogP contribution in [0.2, 0.25) is 0 Å². The lowest BCUT2D eigenvalue weighted by Gasteiger charge is -2.32. The van der Waals surface area contributed by atoms with Crippen LogP contribution in [0.3, 0.4) is 0 Å². The molecule has 2 aliphatic rings. The zero-order valence-corrected chi connectivity index (χ0v) is 18.5. The van der Waals surface area contributed by atoms with E-state index in [2.05, 4.69) is 5.32 Å². The van der Waals surface area contributed by atoms with E-state index >= 15 is 0 Å². The standard InChI is InChI=1S/C25H28N2O5/c1-25(2,3)32-24(31)26-21(22(28)27-14-8-13-19(27)23(29)30)20-17-11-6-4-9-15(17)16-10-5-7-12-18(16)20/h4-7,9-12,19-21H,8,13-14H2,1-3H3,(H,26,31)(H,29,30)/t19-,21?/m0/s1. The van der Waals surface area contributed by atoms with Crippen LogP contribution in [-0.4, -0.2) is 52.2 Å². The maximum Gasteiger partial charge on any atom is 0.408 e. The fraction of sp³-hybridized carbons (Fsp3) is 0.400. The fourth-order valence-corrected chi connectivity index (χ4v) is 4.74. The number of carbonyl (C=O) groups excluding carboxylic acids is 2. The molecule has 0 saturated carbocycles. The van der Waals surface area contributed by atoms with E-state index < -0.39 is 41.6 Å². The van der Waals surface area contributed by atoms with Crippen LogP contribution in [0.15, 0.2) is 48.5 Å². The Balaban J connectivity index is 1.77. The van der Waals surface area contributed by atoms with Gasteiger partial charge >= 0.3 is 12.1 Å². The van der Waals surface area contributed by atoms with Crippen LogP contribution >= 0.6 is 0 Å². The Morgan fingerprint density at radius 3 is 2.12 bits per heavy atom. The van der Waals surface area contributed by atoms with E-state index in [1.807, 2.05) is 48.5 Å². The normalized spacial score (nSPS) is 18.6. The Labute approximate surface area is 187 Å². The largest absolute Gasteiger partial charge is 0.480 e. The lowest BCUT2D eigenvalue weighted by molar-refractivity contribution is -0.149. The van der Waals surface area contributed by atoms with Crippen molar-refractivity contribution in [2.45, 2.75) is 57.2 Å². The molecule has 1 aliphatic heterocycles. The predicted molar refractivity (Wildman–Crippen MR) is 119 cm³/mol. The smallest absolute Gasteiger partial charge is 0.408 e. The summed E-state index contributed by atoms with van der Waals surface area (Å²) < 4.78 is 5.45. The number of benzene rings is 2. The number of hydrogen-bond acceptors (Lipinski definition) is 4. The van der Waals surface area contributed by atoms with Gasteiger partial charge < -0.3 is 20.1 Å². The summed E-state index contributed by atoms with van der Waals surface area (Å²) >= 11 is 0. The lowest BCUT2D eigenvalue weighted by atomic mass is 9.88. The molecule has 1 unspecified atom stereocenters. The quantitative estimate of drug-likeness (QED) is 0.761. The van der Waals surface area contributed by atoms with Gasteiger partial charge in [0.15, 0.2) is 0 Å². The van der Waals surface area contributed by atoms with E-state index in [0.717, 1.165) is 22.3 Å². The Morgan fingerprint density at radius 2 is 1.59 bits per heavy atom. The van der Waals surface area contributed by atoms with E-state index in [4.69, 9.17) is 4.74 Å². The van der Waals surface area contributed by atoms with Crippen molar-refractivity contribution >= 4 is 18.0 Å². The van der Waals surface area contributed by atoms with Gasteiger partial charge in [0.1, 0.15) is 17.7 Å². The molecular weight excluding hydrogens is 408 g/mol. The minimum absolute atomic E-state index is 0.346. The number of likely N-dealkylation sites (tertiary alicyclic amines) is 1. The molecule has 2 amide bonds. The Bertz CT molecular complexity index is 1010. The molecule has 7 heteroatoms. The van der Waals surface area contributed by atoms with Crippen LogP contribution in [0.5, 0.6) is 0 Å². The van der Waals surface area contributed by atoms with Crippen LogP contribution in [0, 0.1) is 0 Å². The van der Waals surface area contributed by atoms with E-state index in [1.165, 1.54) is 4.90 Å². The van der Waals surface area contributed by atoms with Crippen molar-refractivity contribution in [3.63, 3.8) is 0 Å². The summed E-state index contributed by atoms with van der Waals surface area (Å²) in [4.78, 5) is 39.7.